The lowest BCUT2D eigenvalue weighted by Gasteiger charge is -2.57. The van der Waals surface area contributed by atoms with Crippen molar-refractivity contribution in [2.24, 2.45) is 0 Å². The van der Waals surface area contributed by atoms with Crippen molar-refractivity contribution >= 4 is 28.4 Å². The summed E-state index contributed by atoms with van der Waals surface area (Å²) in [4.78, 5) is 21.9. The van der Waals surface area contributed by atoms with Gasteiger partial charge in [0.05, 0.1) is 23.0 Å². The van der Waals surface area contributed by atoms with Crippen molar-refractivity contribution < 1.29 is 18.5 Å². The van der Waals surface area contributed by atoms with Crippen LogP contribution in [0.2, 0.25) is 0 Å². The zero-order valence-electron chi connectivity index (χ0n) is 25.8. The first kappa shape index (κ1) is 30.1. The molecular weight excluding hydrogens is 619 g/mol. The number of nitrogens with zero attached hydrogens (tertiary/aromatic N) is 7. The monoisotopic (exact) mass is 654 g/mol. The molecule has 2 N–H and O–H groups in total. The van der Waals surface area contributed by atoms with Gasteiger partial charge < -0.3 is 19.9 Å². The van der Waals surface area contributed by atoms with E-state index in [9.17, 15) is 13.7 Å². The number of hydrogen-bond donors (Lipinski definition) is 1. The highest BCUT2D eigenvalue weighted by Crippen LogP contribution is 2.42. The van der Waals surface area contributed by atoms with Crippen molar-refractivity contribution in [2.75, 3.05) is 56.6 Å². The average Bonchev–Trinajstić information content (AvgIpc) is 3.72. The van der Waals surface area contributed by atoms with E-state index in [0.29, 0.717) is 62.3 Å². The summed E-state index contributed by atoms with van der Waals surface area (Å²) in [6, 6.07) is 18.4. The molecule has 0 saturated carbocycles. The fourth-order valence-corrected chi connectivity index (χ4v) is 8.37. The lowest BCUT2D eigenvalue weighted by Crippen LogP contribution is -2.70. The zero-order valence-corrected chi connectivity index (χ0v) is 26.6. The summed E-state index contributed by atoms with van der Waals surface area (Å²) in [7, 11) is 0. The van der Waals surface area contributed by atoms with Gasteiger partial charge in [0.25, 0.3) is 5.91 Å². The van der Waals surface area contributed by atoms with Crippen LogP contribution in [0.5, 0.6) is 0 Å². The van der Waals surface area contributed by atoms with Crippen LogP contribution in [0.25, 0.3) is 28.0 Å². The molecule has 0 bridgehead atoms. The molecule has 2 aromatic carbocycles. The number of rotatable bonds is 6. The molecule has 0 radical (unpaired) electrons. The third-order valence-electron chi connectivity index (χ3n) is 9.83. The Labute approximate surface area is 274 Å². The second-order valence-corrected chi connectivity index (χ2v) is 14.2. The van der Waals surface area contributed by atoms with Gasteiger partial charge in [0, 0.05) is 62.3 Å². The first-order valence-electron chi connectivity index (χ1n) is 15.9. The van der Waals surface area contributed by atoms with E-state index >= 15 is 0 Å². The molecule has 6 heterocycles. The van der Waals surface area contributed by atoms with E-state index in [1.54, 1.807) is 0 Å². The minimum absolute atomic E-state index is 0.132. The Balaban J connectivity index is 1.18. The number of nitrogens with two attached hydrogens (primary N) is 1. The van der Waals surface area contributed by atoms with Gasteiger partial charge in [-0.3, -0.25) is 14.4 Å². The van der Waals surface area contributed by atoms with Crippen molar-refractivity contribution in [1.82, 2.24) is 34.2 Å². The maximum absolute atomic E-state index is 13.6. The molecule has 5 aromatic rings. The Bertz CT molecular complexity index is 1930. The zero-order chi connectivity index (χ0) is 32.1. The van der Waals surface area contributed by atoms with E-state index in [-0.39, 0.29) is 17.8 Å². The summed E-state index contributed by atoms with van der Waals surface area (Å²) in [5.41, 5.74) is 12.0. The molecule has 3 aliphatic rings. The SMILES string of the molecule is Nc1ncnn2c(-c3cccc(C4(N5CC[S+]([O-])CC5)CN(C(=O)c5ccc(F)cc5)C4)c3)cc(-c3ccnn3C3CCOCC3)c12. The molecule has 3 aliphatic heterocycles. The number of anilines is 1. The number of nitrogen functional groups attached to an aromatic ring is 1. The number of aromatic nitrogens is 5. The third-order valence-corrected chi connectivity index (χ3v) is 11.1. The van der Waals surface area contributed by atoms with E-state index in [4.69, 9.17) is 15.6 Å². The smallest absolute Gasteiger partial charge is 0.254 e. The van der Waals surface area contributed by atoms with E-state index < -0.39 is 16.7 Å². The second-order valence-electron chi connectivity index (χ2n) is 12.5. The normalized spacial score (nSPS) is 19.2. The Morgan fingerprint density at radius 2 is 1.77 bits per heavy atom. The third kappa shape index (κ3) is 5.27. The van der Waals surface area contributed by atoms with Crippen molar-refractivity contribution in [3.05, 3.63) is 90.1 Å². The molecule has 0 unspecified atom stereocenters. The van der Waals surface area contributed by atoms with Crippen LogP contribution < -0.4 is 5.73 Å². The lowest BCUT2D eigenvalue weighted by molar-refractivity contribution is -0.0418. The Hall–Kier alpha value is -4.30. The summed E-state index contributed by atoms with van der Waals surface area (Å²) in [5.74, 6) is 1.06. The van der Waals surface area contributed by atoms with E-state index in [2.05, 4.69) is 43.9 Å². The van der Waals surface area contributed by atoms with Crippen LogP contribution in [-0.4, -0.2) is 95.5 Å². The average molecular weight is 655 g/mol. The van der Waals surface area contributed by atoms with Gasteiger partial charge in [0.2, 0.25) is 0 Å². The molecule has 0 aliphatic carbocycles. The molecule has 0 spiro atoms. The number of likely N-dealkylation sites (tertiary alicyclic amines) is 1. The first-order chi connectivity index (χ1) is 22.9. The lowest BCUT2D eigenvalue weighted by atomic mass is 9.79. The molecule has 8 rings (SSSR count). The highest BCUT2D eigenvalue weighted by atomic mass is 32.2. The van der Waals surface area contributed by atoms with Gasteiger partial charge in [-0.25, -0.2) is 13.9 Å². The fraction of sp³-hybridized carbons (Fsp3) is 0.353. The van der Waals surface area contributed by atoms with Crippen molar-refractivity contribution in [3.63, 3.8) is 0 Å². The molecule has 13 heteroatoms. The standard InChI is InChI=1S/C34H35FN8O3S/c35-26-6-4-23(5-7-26)33(44)40-20-34(21-40,41-12-16-47(45)17-13-41)25-3-1-2-24(18-25)30-19-28(31-32(36)37-22-39-43(30)31)29-8-11-38-42(29)27-9-14-46-15-10-27/h1-8,11,18-19,22,27H,9-10,12-17,20-21H2,(H2,36,37,39). The number of benzene rings is 2. The fourth-order valence-electron chi connectivity index (χ4n) is 7.32. The maximum Gasteiger partial charge on any atom is 0.254 e. The Morgan fingerprint density at radius 1 is 1.00 bits per heavy atom. The predicted octanol–water partition coefficient (Wildman–Crippen LogP) is 3.75. The van der Waals surface area contributed by atoms with Crippen molar-refractivity contribution in [3.8, 4) is 22.5 Å². The van der Waals surface area contributed by atoms with Gasteiger partial charge in [-0.15, -0.1) is 0 Å². The van der Waals surface area contributed by atoms with E-state index in [0.717, 1.165) is 46.4 Å². The topological polar surface area (TPSA) is 130 Å². The number of fused-ring (bicyclic) bond motifs is 1. The van der Waals surface area contributed by atoms with Gasteiger partial charge in [0.15, 0.2) is 5.82 Å². The van der Waals surface area contributed by atoms with Gasteiger partial charge in [0.1, 0.15) is 29.2 Å². The van der Waals surface area contributed by atoms with Crippen LogP contribution in [0.1, 0.15) is 34.8 Å². The molecule has 3 saturated heterocycles. The van der Waals surface area contributed by atoms with Crippen LogP contribution >= 0.6 is 0 Å². The number of amides is 1. The van der Waals surface area contributed by atoms with Gasteiger partial charge in [-0.05, 0) is 60.9 Å². The molecule has 47 heavy (non-hydrogen) atoms. The number of ether oxygens (including phenoxy) is 1. The molecule has 0 atom stereocenters. The number of carbonyl (C=O) groups is 1. The quantitative estimate of drug-likeness (QED) is 0.274. The summed E-state index contributed by atoms with van der Waals surface area (Å²) in [5, 5.41) is 9.34. The Morgan fingerprint density at radius 3 is 2.53 bits per heavy atom. The molecule has 11 nitrogen and oxygen atoms in total. The minimum atomic E-state index is -0.849. The molecule has 242 valence electrons. The number of carbonyl (C=O) groups excluding carboxylic acids is 1. The number of hydrogen-bond acceptors (Lipinski definition) is 8. The summed E-state index contributed by atoms with van der Waals surface area (Å²) >= 11 is -0.849. The van der Waals surface area contributed by atoms with Crippen LogP contribution in [-0.2, 0) is 21.5 Å². The maximum atomic E-state index is 13.6. The van der Waals surface area contributed by atoms with Gasteiger partial charge in [-0.2, -0.15) is 10.2 Å². The van der Waals surface area contributed by atoms with Crippen LogP contribution in [0, 0.1) is 5.82 Å². The highest BCUT2D eigenvalue weighted by molar-refractivity contribution is 7.91. The molecular formula is C34H35FN8O3S. The van der Waals surface area contributed by atoms with Crippen LogP contribution in [0.4, 0.5) is 10.2 Å². The second kappa shape index (κ2) is 12.1. The Kier molecular flexibility index (Phi) is 7.71. The van der Waals surface area contributed by atoms with E-state index in [1.165, 1.54) is 30.6 Å². The first-order valence-corrected chi connectivity index (χ1v) is 17.4. The molecule has 1 amide bonds. The van der Waals surface area contributed by atoms with Gasteiger partial charge in [-0.1, -0.05) is 29.4 Å². The van der Waals surface area contributed by atoms with Crippen molar-refractivity contribution in [1.29, 1.82) is 0 Å². The molecule has 3 aromatic heterocycles. The van der Waals surface area contributed by atoms with Gasteiger partial charge >= 0.3 is 0 Å². The highest BCUT2D eigenvalue weighted by Gasteiger charge is 2.52. The molecule has 3 fully saturated rings. The van der Waals surface area contributed by atoms with Crippen LogP contribution in [0.3, 0.4) is 0 Å². The summed E-state index contributed by atoms with van der Waals surface area (Å²) in [6.45, 7) is 3.69. The van der Waals surface area contributed by atoms with Crippen molar-refractivity contribution in [2.45, 2.75) is 24.4 Å². The van der Waals surface area contributed by atoms with E-state index in [1.807, 2.05) is 27.7 Å². The predicted molar refractivity (Wildman–Crippen MR) is 177 cm³/mol. The van der Waals surface area contributed by atoms with Crippen LogP contribution in [0.15, 0.2) is 73.2 Å². The summed E-state index contributed by atoms with van der Waals surface area (Å²) in [6.07, 6.45) is 5.05. The largest absolute Gasteiger partial charge is 0.616 e. The number of halogens is 1. The minimum Gasteiger partial charge on any atom is -0.616 e. The summed E-state index contributed by atoms with van der Waals surface area (Å²) < 4.78 is 35.4.